The van der Waals surface area contributed by atoms with Crippen molar-refractivity contribution in [1.82, 2.24) is 9.97 Å². The highest BCUT2D eigenvalue weighted by Gasteiger charge is 2.22. The number of aliphatic hydroxyl groups is 1. The van der Waals surface area contributed by atoms with Gasteiger partial charge in [0.1, 0.15) is 5.82 Å². The van der Waals surface area contributed by atoms with E-state index in [-0.39, 0.29) is 12.1 Å². The molecule has 1 aromatic heterocycles. The highest BCUT2D eigenvalue weighted by molar-refractivity contribution is 5.38. The molecule has 0 atom stereocenters. The average molecular weight is 209 g/mol. The number of hydrogen-bond donors (Lipinski definition) is 1. The van der Waals surface area contributed by atoms with Crippen molar-refractivity contribution in [3.63, 3.8) is 0 Å². The maximum atomic E-state index is 8.98. The van der Waals surface area contributed by atoms with Gasteiger partial charge in [-0.1, -0.05) is 6.92 Å². The molecule has 1 aromatic rings. The van der Waals surface area contributed by atoms with Crippen molar-refractivity contribution in [3.05, 3.63) is 18.1 Å². The zero-order chi connectivity index (χ0) is 11.5. The summed E-state index contributed by atoms with van der Waals surface area (Å²) in [6, 6.07) is 0. The Balaban J connectivity index is 2.95. The van der Waals surface area contributed by atoms with Gasteiger partial charge in [0.15, 0.2) is 0 Å². The second-order valence-corrected chi connectivity index (χ2v) is 4.25. The van der Waals surface area contributed by atoms with E-state index in [0.29, 0.717) is 5.69 Å². The summed E-state index contributed by atoms with van der Waals surface area (Å²) in [5, 5.41) is 8.98. The smallest absolute Gasteiger partial charge is 0.147 e. The number of hydrogen-bond acceptors (Lipinski definition) is 4. The van der Waals surface area contributed by atoms with Crippen LogP contribution in [0.25, 0.3) is 0 Å². The average Bonchev–Trinajstić information content (AvgIpc) is 2.28. The maximum absolute atomic E-state index is 8.98. The fourth-order valence-corrected chi connectivity index (χ4v) is 1.18. The number of rotatable bonds is 4. The zero-order valence-electron chi connectivity index (χ0n) is 9.86. The molecule has 0 spiro atoms. The predicted octanol–water partition coefficient (Wildman–Crippen LogP) is 1.59. The van der Waals surface area contributed by atoms with Crippen molar-refractivity contribution in [2.45, 2.75) is 39.3 Å². The van der Waals surface area contributed by atoms with Crippen LogP contribution in [-0.2, 0) is 6.61 Å². The Hall–Kier alpha value is -1.16. The van der Waals surface area contributed by atoms with Gasteiger partial charge in [0.25, 0.3) is 0 Å². The molecule has 0 aliphatic rings. The van der Waals surface area contributed by atoms with Gasteiger partial charge < -0.3 is 10.0 Å². The molecule has 1 heterocycles. The monoisotopic (exact) mass is 209 g/mol. The van der Waals surface area contributed by atoms with Crippen LogP contribution in [0, 0.1) is 0 Å². The normalized spacial score (nSPS) is 11.5. The Kier molecular flexibility index (Phi) is 3.63. The van der Waals surface area contributed by atoms with E-state index >= 15 is 0 Å². The van der Waals surface area contributed by atoms with Crippen LogP contribution in [0.15, 0.2) is 12.4 Å². The number of aliphatic hydroxyl groups excluding tert-OH is 1. The van der Waals surface area contributed by atoms with Crippen molar-refractivity contribution in [2.24, 2.45) is 0 Å². The third-order valence-electron chi connectivity index (χ3n) is 2.95. The summed E-state index contributed by atoms with van der Waals surface area (Å²) < 4.78 is 0. The zero-order valence-corrected chi connectivity index (χ0v) is 9.86. The van der Waals surface area contributed by atoms with Crippen LogP contribution < -0.4 is 4.90 Å². The SMILES string of the molecule is CCC(C)(C)N(C)c1cncc(CO)n1. The molecule has 0 aromatic carbocycles. The molecule has 0 saturated carbocycles. The maximum Gasteiger partial charge on any atom is 0.147 e. The lowest BCUT2D eigenvalue weighted by Gasteiger charge is -2.35. The first-order chi connectivity index (χ1) is 7.01. The van der Waals surface area contributed by atoms with Gasteiger partial charge in [-0.2, -0.15) is 0 Å². The highest BCUT2D eigenvalue weighted by atomic mass is 16.3. The molecule has 0 fully saturated rings. The Morgan fingerprint density at radius 1 is 1.40 bits per heavy atom. The van der Waals surface area contributed by atoms with Crippen LogP contribution in [0.3, 0.4) is 0 Å². The van der Waals surface area contributed by atoms with E-state index in [9.17, 15) is 0 Å². The van der Waals surface area contributed by atoms with Crippen LogP contribution in [-0.4, -0.2) is 27.7 Å². The van der Waals surface area contributed by atoms with Crippen LogP contribution in [0.5, 0.6) is 0 Å². The van der Waals surface area contributed by atoms with Gasteiger partial charge in [-0.15, -0.1) is 0 Å². The summed E-state index contributed by atoms with van der Waals surface area (Å²) in [4.78, 5) is 10.5. The largest absolute Gasteiger partial charge is 0.390 e. The quantitative estimate of drug-likeness (QED) is 0.818. The minimum atomic E-state index is -0.0682. The second-order valence-electron chi connectivity index (χ2n) is 4.25. The van der Waals surface area contributed by atoms with Crippen LogP contribution in [0.2, 0.25) is 0 Å². The first-order valence-electron chi connectivity index (χ1n) is 5.17. The summed E-state index contributed by atoms with van der Waals surface area (Å²) in [5.41, 5.74) is 0.647. The molecule has 0 unspecified atom stereocenters. The van der Waals surface area contributed by atoms with Crippen molar-refractivity contribution in [3.8, 4) is 0 Å². The standard InChI is InChI=1S/C11H19N3O/c1-5-11(2,3)14(4)10-7-12-6-9(8-15)13-10/h6-7,15H,5,8H2,1-4H3. The summed E-state index contributed by atoms with van der Waals surface area (Å²) in [7, 11) is 1.99. The Morgan fingerprint density at radius 2 is 2.07 bits per heavy atom. The third kappa shape index (κ3) is 2.65. The van der Waals surface area contributed by atoms with Gasteiger partial charge in [0.05, 0.1) is 24.7 Å². The summed E-state index contributed by atoms with van der Waals surface area (Å²) in [6.07, 6.45) is 4.32. The molecule has 0 aliphatic carbocycles. The molecule has 0 saturated heterocycles. The lowest BCUT2D eigenvalue weighted by molar-refractivity contribution is 0.276. The molecule has 0 radical (unpaired) electrons. The summed E-state index contributed by atoms with van der Waals surface area (Å²) in [5.74, 6) is 0.799. The van der Waals surface area contributed by atoms with Crippen LogP contribution in [0.1, 0.15) is 32.9 Å². The van der Waals surface area contributed by atoms with E-state index in [1.807, 2.05) is 7.05 Å². The fourth-order valence-electron chi connectivity index (χ4n) is 1.18. The third-order valence-corrected chi connectivity index (χ3v) is 2.95. The van der Waals surface area contributed by atoms with E-state index in [0.717, 1.165) is 12.2 Å². The van der Waals surface area contributed by atoms with Gasteiger partial charge in [0.2, 0.25) is 0 Å². The lowest BCUT2D eigenvalue weighted by Crippen LogP contribution is -2.41. The number of anilines is 1. The van der Waals surface area contributed by atoms with E-state index in [2.05, 4.69) is 35.6 Å². The van der Waals surface area contributed by atoms with Crippen LogP contribution >= 0.6 is 0 Å². The molecule has 0 amide bonds. The molecular weight excluding hydrogens is 190 g/mol. The van der Waals surface area contributed by atoms with Crippen LogP contribution in [0.4, 0.5) is 5.82 Å². The van der Waals surface area contributed by atoms with Crippen molar-refractivity contribution in [1.29, 1.82) is 0 Å². The molecule has 15 heavy (non-hydrogen) atoms. The molecule has 0 bridgehead atoms. The Morgan fingerprint density at radius 3 is 2.60 bits per heavy atom. The van der Waals surface area contributed by atoms with Gasteiger partial charge >= 0.3 is 0 Å². The van der Waals surface area contributed by atoms with E-state index in [1.165, 1.54) is 0 Å². The van der Waals surface area contributed by atoms with Crippen molar-refractivity contribution in [2.75, 3.05) is 11.9 Å². The molecular formula is C11H19N3O. The molecule has 84 valence electrons. The van der Waals surface area contributed by atoms with E-state index in [4.69, 9.17) is 5.11 Å². The lowest BCUT2D eigenvalue weighted by atomic mass is 10.0. The minimum absolute atomic E-state index is 0.0444. The van der Waals surface area contributed by atoms with Gasteiger partial charge in [-0.3, -0.25) is 4.98 Å². The summed E-state index contributed by atoms with van der Waals surface area (Å²) >= 11 is 0. The van der Waals surface area contributed by atoms with Crippen molar-refractivity contribution >= 4 is 5.82 Å². The molecule has 4 heteroatoms. The molecule has 0 aliphatic heterocycles. The molecule has 1 rings (SSSR count). The predicted molar refractivity (Wildman–Crippen MR) is 60.7 cm³/mol. The number of nitrogens with zero attached hydrogens (tertiary/aromatic N) is 3. The van der Waals surface area contributed by atoms with Gasteiger partial charge in [-0.25, -0.2) is 4.98 Å². The highest BCUT2D eigenvalue weighted by Crippen LogP contribution is 2.22. The van der Waals surface area contributed by atoms with E-state index < -0.39 is 0 Å². The topological polar surface area (TPSA) is 49.2 Å². The fraction of sp³-hybridized carbons (Fsp3) is 0.636. The van der Waals surface area contributed by atoms with Gasteiger partial charge in [0, 0.05) is 12.6 Å². The summed E-state index contributed by atoms with van der Waals surface area (Å²) in [6.45, 7) is 6.38. The molecule has 1 N–H and O–H groups in total. The number of aromatic nitrogens is 2. The first kappa shape index (κ1) is 11.9. The van der Waals surface area contributed by atoms with Crippen molar-refractivity contribution < 1.29 is 5.11 Å². The minimum Gasteiger partial charge on any atom is -0.390 e. The Bertz CT molecular complexity index is 325. The second kappa shape index (κ2) is 4.57. The molecule has 4 nitrogen and oxygen atoms in total. The first-order valence-corrected chi connectivity index (χ1v) is 5.17. The van der Waals surface area contributed by atoms with Gasteiger partial charge in [-0.05, 0) is 20.3 Å². The van der Waals surface area contributed by atoms with E-state index in [1.54, 1.807) is 12.4 Å². The Labute approximate surface area is 91.0 Å².